The maximum atomic E-state index is 13.6. The van der Waals surface area contributed by atoms with Gasteiger partial charge in [-0.15, -0.1) is 0 Å². The number of fused-ring (bicyclic) bond motifs is 1. The number of esters is 1. The summed E-state index contributed by atoms with van der Waals surface area (Å²) in [6, 6.07) is 21.8. The molecule has 40 heavy (non-hydrogen) atoms. The number of ether oxygens (including phenoxy) is 3. The zero-order chi connectivity index (χ0) is 28.1. The number of amides is 1. The minimum atomic E-state index is -1.06. The first kappa shape index (κ1) is 27.8. The number of benzene rings is 3. The van der Waals surface area contributed by atoms with Crippen LogP contribution in [0.15, 0.2) is 66.7 Å². The van der Waals surface area contributed by atoms with Gasteiger partial charge < -0.3 is 19.1 Å². The second-order valence-corrected chi connectivity index (χ2v) is 11.3. The zero-order valence-corrected chi connectivity index (χ0v) is 23.8. The Morgan fingerprint density at radius 1 is 0.950 bits per heavy atom. The number of rotatable bonds is 10. The molecule has 0 aromatic heterocycles. The maximum Gasteiger partial charge on any atom is 0.345 e. The molecule has 6 nitrogen and oxygen atoms in total. The van der Waals surface area contributed by atoms with Crippen LogP contribution in [0.4, 0.5) is 5.69 Å². The topological polar surface area (TPSA) is 65.1 Å². The number of carbonyl (C=O) groups excluding carboxylic acids is 2. The average molecular weight is 542 g/mol. The van der Waals surface area contributed by atoms with Gasteiger partial charge in [0.05, 0.1) is 13.2 Å². The normalized spacial score (nSPS) is 16.1. The molecule has 0 saturated heterocycles. The predicted molar refractivity (Wildman–Crippen MR) is 157 cm³/mol. The molecule has 210 valence electrons. The molecule has 3 aromatic rings. The van der Waals surface area contributed by atoms with E-state index in [1.807, 2.05) is 23.1 Å². The first-order chi connectivity index (χ1) is 19.3. The van der Waals surface area contributed by atoms with E-state index in [1.165, 1.54) is 25.7 Å². The maximum absolute atomic E-state index is 13.6. The molecular weight excluding hydrogens is 502 g/mol. The zero-order valence-electron chi connectivity index (χ0n) is 23.8. The van der Waals surface area contributed by atoms with Gasteiger partial charge in [-0.2, -0.15) is 0 Å². The van der Waals surface area contributed by atoms with Crippen molar-refractivity contribution in [2.24, 2.45) is 5.92 Å². The van der Waals surface area contributed by atoms with Gasteiger partial charge >= 0.3 is 5.97 Å². The number of cyclic esters (lactones) is 1. The van der Waals surface area contributed by atoms with Crippen molar-refractivity contribution in [3.63, 3.8) is 0 Å². The first-order valence-electron chi connectivity index (χ1n) is 14.5. The third-order valence-electron chi connectivity index (χ3n) is 7.69. The van der Waals surface area contributed by atoms with Gasteiger partial charge in [-0.3, -0.25) is 4.79 Å². The number of hydrogen-bond acceptors (Lipinski definition) is 5. The summed E-state index contributed by atoms with van der Waals surface area (Å²) in [5, 5.41) is 0. The highest BCUT2D eigenvalue weighted by atomic mass is 16.7. The third-order valence-corrected chi connectivity index (χ3v) is 7.69. The van der Waals surface area contributed by atoms with Crippen molar-refractivity contribution in [1.29, 1.82) is 0 Å². The monoisotopic (exact) mass is 541 g/mol. The molecule has 5 rings (SSSR count). The van der Waals surface area contributed by atoms with E-state index >= 15 is 0 Å². The Kier molecular flexibility index (Phi) is 8.43. The van der Waals surface area contributed by atoms with Gasteiger partial charge in [-0.25, -0.2) is 4.79 Å². The fourth-order valence-electron chi connectivity index (χ4n) is 5.53. The standard InChI is InChI=1S/C34H39NO5/c1-4-21-38-29-17-14-27(15-18-29)26-12-9-25(10-13-26)23-35(32(36)20-11-24-7-5-6-8-24)28-16-19-30-31(22-28)39-34(2,3)40-33(30)37/h9-10,12-19,22,24H,4-8,11,20-21,23H2,1-3H3. The van der Waals surface area contributed by atoms with Crippen LogP contribution < -0.4 is 14.4 Å². The highest BCUT2D eigenvalue weighted by molar-refractivity contribution is 5.97. The third kappa shape index (κ3) is 6.67. The SMILES string of the molecule is CCCOc1ccc(-c2ccc(CN(C(=O)CCC3CCCC3)c3ccc4c(c3)OC(C)(C)OC4=O)cc2)cc1. The van der Waals surface area contributed by atoms with Crippen molar-refractivity contribution >= 4 is 17.6 Å². The molecule has 2 aliphatic rings. The first-order valence-corrected chi connectivity index (χ1v) is 14.5. The largest absolute Gasteiger partial charge is 0.494 e. The lowest BCUT2D eigenvalue weighted by molar-refractivity contribution is -0.127. The summed E-state index contributed by atoms with van der Waals surface area (Å²) in [5.74, 6) is 0.546. The second kappa shape index (κ2) is 12.2. The lowest BCUT2D eigenvalue weighted by atomic mass is 10.0. The summed E-state index contributed by atoms with van der Waals surface area (Å²) in [7, 11) is 0. The van der Waals surface area contributed by atoms with Crippen LogP contribution in [0.5, 0.6) is 11.5 Å². The second-order valence-electron chi connectivity index (χ2n) is 11.3. The summed E-state index contributed by atoms with van der Waals surface area (Å²) in [5.41, 5.74) is 4.33. The van der Waals surface area contributed by atoms with Crippen molar-refractivity contribution in [2.75, 3.05) is 11.5 Å². The van der Waals surface area contributed by atoms with Crippen LogP contribution in [0.2, 0.25) is 0 Å². The highest BCUT2D eigenvalue weighted by Crippen LogP contribution is 2.36. The van der Waals surface area contributed by atoms with Crippen LogP contribution in [0.3, 0.4) is 0 Å². The molecule has 0 radical (unpaired) electrons. The predicted octanol–water partition coefficient (Wildman–Crippen LogP) is 7.93. The minimum absolute atomic E-state index is 0.0799. The van der Waals surface area contributed by atoms with E-state index in [0.717, 1.165) is 35.3 Å². The molecule has 0 spiro atoms. The van der Waals surface area contributed by atoms with E-state index < -0.39 is 11.8 Å². The molecule has 1 saturated carbocycles. The minimum Gasteiger partial charge on any atom is -0.494 e. The molecule has 1 aliphatic heterocycles. The van der Waals surface area contributed by atoms with Crippen LogP contribution in [-0.2, 0) is 16.1 Å². The molecule has 0 unspecified atom stereocenters. The van der Waals surface area contributed by atoms with Crippen LogP contribution in [0.1, 0.15) is 81.6 Å². The summed E-state index contributed by atoms with van der Waals surface area (Å²) in [4.78, 5) is 27.9. The van der Waals surface area contributed by atoms with E-state index in [4.69, 9.17) is 14.2 Å². The van der Waals surface area contributed by atoms with E-state index in [2.05, 4.69) is 43.3 Å². The quantitative estimate of drug-likeness (QED) is 0.244. The molecule has 0 atom stereocenters. The Hall–Kier alpha value is -3.80. The Bertz CT molecular complexity index is 1320. The van der Waals surface area contributed by atoms with Crippen LogP contribution >= 0.6 is 0 Å². The van der Waals surface area contributed by atoms with Crippen molar-refractivity contribution < 1.29 is 23.8 Å². The molecule has 1 aliphatic carbocycles. The van der Waals surface area contributed by atoms with Crippen molar-refractivity contribution in [1.82, 2.24) is 0 Å². The molecule has 1 amide bonds. The Labute approximate surface area is 237 Å². The molecule has 1 fully saturated rings. The average Bonchev–Trinajstić information content (AvgIpc) is 3.47. The lowest BCUT2D eigenvalue weighted by Gasteiger charge is -2.32. The molecule has 0 bridgehead atoms. The van der Waals surface area contributed by atoms with Gasteiger partial charge in [-0.1, -0.05) is 69.0 Å². The van der Waals surface area contributed by atoms with Crippen molar-refractivity contribution in [3.05, 3.63) is 77.9 Å². The van der Waals surface area contributed by atoms with E-state index in [1.54, 1.807) is 26.0 Å². The molecule has 1 heterocycles. The number of nitrogens with zero attached hydrogens (tertiary/aromatic N) is 1. The Balaban J connectivity index is 1.36. The molecule has 6 heteroatoms. The van der Waals surface area contributed by atoms with E-state index in [-0.39, 0.29) is 5.91 Å². The molecule has 0 N–H and O–H groups in total. The molecule has 3 aromatic carbocycles. The summed E-state index contributed by atoms with van der Waals surface area (Å²) < 4.78 is 17.0. The Morgan fingerprint density at radius 2 is 1.62 bits per heavy atom. The lowest BCUT2D eigenvalue weighted by Crippen LogP contribution is -2.39. The summed E-state index contributed by atoms with van der Waals surface area (Å²) >= 11 is 0. The Morgan fingerprint density at radius 3 is 2.30 bits per heavy atom. The molecular formula is C34H39NO5. The fourth-order valence-corrected chi connectivity index (χ4v) is 5.53. The number of hydrogen-bond donors (Lipinski definition) is 0. The van der Waals surface area contributed by atoms with Gasteiger partial charge in [0.1, 0.15) is 17.1 Å². The number of carbonyl (C=O) groups is 2. The van der Waals surface area contributed by atoms with Gasteiger partial charge in [-0.05, 0) is 59.7 Å². The fraction of sp³-hybridized carbons (Fsp3) is 0.412. The van der Waals surface area contributed by atoms with Crippen molar-refractivity contribution in [3.8, 4) is 22.6 Å². The van der Waals surface area contributed by atoms with Crippen LogP contribution in [0, 0.1) is 5.92 Å². The van der Waals surface area contributed by atoms with Crippen LogP contribution in [0.25, 0.3) is 11.1 Å². The van der Waals surface area contributed by atoms with Crippen molar-refractivity contribution in [2.45, 2.75) is 78.0 Å². The van der Waals surface area contributed by atoms with Gasteiger partial charge in [0.15, 0.2) is 0 Å². The summed E-state index contributed by atoms with van der Waals surface area (Å²) in [6.45, 7) is 6.65. The van der Waals surface area contributed by atoms with Crippen LogP contribution in [-0.4, -0.2) is 24.3 Å². The van der Waals surface area contributed by atoms with E-state index in [0.29, 0.717) is 42.5 Å². The van der Waals surface area contributed by atoms with Gasteiger partial charge in [0.25, 0.3) is 0 Å². The van der Waals surface area contributed by atoms with Gasteiger partial charge in [0.2, 0.25) is 11.7 Å². The van der Waals surface area contributed by atoms with E-state index in [9.17, 15) is 9.59 Å². The highest BCUT2D eigenvalue weighted by Gasteiger charge is 2.34. The smallest absolute Gasteiger partial charge is 0.345 e. The summed E-state index contributed by atoms with van der Waals surface area (Å²) in [6.07, 6.45) is 7.34. The number of anilines is 1. The van der Waals surface area contributed by atoms with Gasteiger partial charge in [0, 0.05) is 32.0 Å².